The second kappa shape index (κ2) is 5.58. The van der Waals surface area contributed by atoms with Crippen molar-refractivity contribution in [3.05, 3.63) is 49.6 Å². The molecule has 20 heavy (non-hydrogen) atoms. The Morgan fingerprint density at radius 2 is 2.35 bits per heavy atom. The van der Waals surface area contributed by atoms with Gasteiger partial charge in [0.15, 0.2) is 0 Å². The lowest BCUT2D eigenvalue weighted by Crippen LogP contribution is -2.22. The van der Waals surface area contributed by atoms with Crippen LogP contribution in [0.4, 0.5) is 0 Å². The van der Waals surface area contributed by atoms with Gasteiger partial charge in [0.2, 0.25) is 0 Å². The molecule has 1 aromatic carbocycles. The monoisotopic (exact) mass is 351 g/mol. The molecule has 1 N–H and O–H groups in total. The Kier molecular flexibility index (Phi) is 3.81. The van der Waals surface area contributed by atoms with Crippen molar-refractivity contribution in [2.24, 2.45) is 0 Å². The van der Waals surface area contributed by atoms with E-state index in [0.29, 0.717) is 6.54 Å². The van der Waals surface area contributed by atoms with E-state index >= 15 is 0 Å². The number of fused-ring (bicyclic) bond motifs is 1. The highest BCUT2D eigenvalue weighted by atomic mass is 79.9. The number of ether oxygens (including phenoxy) is 1. The maximum Gasteiger partial charge on any atom is 0.261 e. The SMILES string of the molecule is Cc1ccsc1C(=O)NCc1cc(Br)cc2c1OCC2. The highest BCUT2D eigenvalue weighted by molar-refractivity contribution is 9.10. The molecule has 3 nitrogen and oxygen atoms in total. The minimum atomic E-state index is -0.0239. The summed E-state index contributed by atoms with van der Waals surface area (Å²) >= 11 is 4.98. The molecular weight excluding hydrogens is 338 g/mol. The Morgan fingerprint density at radius 3 is 3.10 bits per heavy atom. The number of hydrogen-bond donors (Lipinski definition) is 1. The molecule has 104 valence electrons. The number of hydrogen-bond acceptors (Lipinski definition) is 3. The quantitative estimate of drug-likeness (QED) is 0.915. The molecule has 1 aliphatic heterocycles. The molecule has 0 atom stereocenters. The van der Waals surface area contributed by atoms with E-state index in [1.54, 1.807) is 0 Å². The van der Waals surface area contributed by atoms with Crippen LogP contribution in [0.3, 0.4) is 0 Å². The molecule has 0 saturated carbocycles. The van der Waals surface area contributed by atoms with Gasteiger partial charge in [-0.3, -0.25) is 4.79 Å². The predicted molar refractivity (Wildman–Crippen MR) is 83.6 cm³/mol. The molecule has 2 aromatic rings. The molecule has 0 spiro atoms. The summed E-state index contributed by atoms with van der Waals surface area (Å²) in [4.78, 5) is 12.9. The van der Waals surface area contributed by atoms with Crippen LogP contribution in [0, 0.1) is 6.92 Å². The Labute approximate surface area is 130 Å². The number of aryl methyl sites for hydroxylation is 1. The van der Waals surface area contributed by atoms with Gasteiger partial charge in [-0.2, -0.15) is 0 Å². The fourth-order valence-electron chi connectivity index (χ4n) is 2.34. The van der Waals surface area contributed by atoms with Crippen LogP contribution < -0.4 is 10.1 Å². The molecule has 0 radical (unpaired) electrons. The largest absolute Gasteiger partial charge is 0.493 e. The average Bonchev–Trinajstić information content (AvgIpc) is 3.03. The van der Waals surface area contributed by atoms with Crippen molar-refractivity contribution in [1.82, 2.24) is 5.32 Å². The van der Waals surface area contributed by atoms with E-state index in [2.05, 4.69) is 27.3 Å². The highest BCUT2D eigenvalue weighted by Gasteiger charge is 2.18. The average molecular weight is 352 g/mol. The summed E-state index contributed by atoms with van der Waals surface area (Å²) in [6.07, 6.45) is 0.930. The molecule has 0 aliphatic carbocycles. The van der Waals surface area contributed by atoms with Gasteiger partial charge in [-0.25, -0.2) is 0 Å². The van der Waals surface area contributed by atoms with Crippen LogP contribution in [0.15, 0.2) is 28.1 Å². The first-order valence-electron chi connectivity index (χ1n) is 6.41. The van der Waals surface area contributed by atoms with Crippen molar-refractivity contribution < 1.29 is 9.53 Å². The molecule has 1 aromatic heterocycles. The van der Waals surface area contributed by atoms with Crippen LogP contribution in [-0.2, 0) is 13.0 Å². The Balaban J connectivity index is 1.76. The van der Waals surface area contributed by atoms with Gasteiger partial charge in [0.25, 0.3) is 5.91 Å². The maximum atomic E-state index is 12.1. The van der Waals surface area contributed by atoms with Gasteiger partial charge in [0.05, 0.1) is 11.5 Å². The van der Waals surface area contributed by atoms with E-state index in [1.165, 1.54) is 16.9 Å². The normalized spacial score (nSPS) is 12.9. The van der Waals surface area contributed by atoms with E-state index in [1.807, 2.05) is 24.4 Å². The second-order valence-corrected chi connectivity index (χ2v) is 6.60. The molecule has 0 bridgehead atoms. The van der Waals surface area contributed by atoms with Crippen molar-refractivity contribution in [2.75, 3.05) is 6.61 Å². The highest BCUT2D eigenvalue weighted by Crippen LogP contribution is 2.33. The van der Waals surface area contributed by atoms with Gasteiger partial charge in [-0.1, -0.05) is 15.9 Å². The lowest BCUT2D eigenvalue weighted by atomic mass is 10.1. The van der Waals surface area contributed by atoms with E-state index in [4.69, 9.17) is 4.74 Å². The van der Waals surface area contributed by atoms with Gasteiger partial charge < -0.3 is 10.1 Å². The van der Waals surface area contributed by atoms with E-state index in [9.17, 15) is 4.79 Å². The summed E-state index contributed by atoms with van der Waals surface area (Å²) in [7, 11) is 0. The Bertz CT molecular complexity index is 666. The number of halogens is 1. The summed E-state index contributed by atoms with van der Waals surface area (Å²) in [6.45, 7) is 3.15. The summed E-state index contributed by atoms with van der Waals surface area (Å²) in [5, 5.41) is 4.90. The summed E-state index contributed by atoms with van der Waals surface area (Å²) in [5.41, 5.74) is 3.24. The molecule has 3 rings (SSSR count). The van der Waals surface area contributed by atoms with E-state index in [-0.39, 0.29) is 5.91 Å². The third-order valence-corrected chi connectivity index (χ3v) is 4.81. The molecule has 0 fully saturated rings. The van der Waals surface area contributed by atoms with Crippen molar-refractivity contribution >= 4 is 33.2 Å². The number of benzene rings is 1. The number of carbonyl (C=O) groups excluding carboxylic acids is 1. The van der Waals surface area contributed by atoms with Crippen LogP contribution in [0.2, 0.25) is 0 Å². The third-order valence-electron chi connectivity index (χ3n) is 3.33. The number of rotatable bonds is 3. The van der Waals surface area contributed by atoms with Crippen molar-refractivity contribution in [2.45, 2.75) is 19.9 Å². The minimum absolute atomic E-state index is 0.0239. The summed E-state index contributed by atoms with van der Waals surface area (Å²) in [6, 6.07) is 6.04. The van der Waals surface area contributed by atoms with Crippen molar-refractivity contribution in [3.63, 3.8) is 0 Å². The Hall–Kier alpha value is -1.33. The number of thiophene rings is 1. The zero-order valence-corrected chi connectivity index (χ0v) is 13.4. The van der Waals surface area contributed by atoms with Gasteiger partial charge in [-0.15, -0.1) is 11.3 Å². The van der Waals surface area contributed by atoms with Crippen molar-refractivity contribution in [1.29, 1.82) is 0 Å². The van der Waals surface area contributed by atoms with Gasteiger partial charge in [0.1, 0.15) is 5.75 Å². The zero-order valence-electron chi connectivity index (χ0n) is 11.0. The van der Waals surface area contributed by atoms with Gasteiger partial charge in [-0.05, 0) is 41.6 Å². The minimum Gasteiger partial charge on any atom is -0.493 e. The molecule has 1 amide bonds. The topological polar surface area (TPSA) is 38.3 Å². The first-order chi connectivity index (χ1) is 9.65. The van der Waals surface area contributed by atoms with E-state index < -0.39 is 0 Å². The van der Waals surface area contributed by atoms with E-state index in [0.717, 1.165) is 39.3 Å². The van der Waals surface area contributed by atoms with Crippen LogP contribution in [0.1, 0.15) is 26.4 Å². The number of nitrogens with one attached hydrogen (secondary N) is 1. The first-order valence-corrected chi connectivity index (χ1v) is 8.09. The van der Waals surface area contributed by atoms with Crippen LogP contribution in [0.25, 0.3) is 0 Å². The third kappa shape index (κ3) is 2.60. The molecule has 0 saturated heterocycles. The maximum absolute atomic E-state index is 12.1. The summed E-state index contributed by atoms with van der Waals surface area (Å²) < 4.78 is 6.69. The van der Waals surface area contributed by atoms with Crippen LogP contribution in [0.5, 0.6) is 5.75 Å². The lowest BCUT2D eigenvalue weighted by Gasteiger charge is -2.10. The fourth-order valence-corrected chi connectivity index (χ4v) is 3.73. The molecule has 5 heteroatoms. The lowest BCUT2D eigenvalue weighted by molar-refractivity contribution is 0.0954. The van der Waals surface area contributed by atoms with Gasteiger partial charge >= 0.3 is 0 Å². The molecule has 0 unspecified atom stereocenters. The smallest absolute Gasteiger partial charge is 0.261 e. The molecule has 2 heterocycles. The van der Waals surface area contributed by atoms with Crippen molar-refractivity contribution in [3.8, 4) is 5.75 Å². The fraction of sp³-hybridized carbons (Fsp3) is 0.267. The summed E-state index contributed by atoms with van der Waals surface area (Å²) in [5.74, 6) is 0.903. The standard InChI is InChI=1S/C15H14BrNO2S/c1-9-3-5-20-14(9)15(18)17-8-11-7-12(16)6-10-2-4-19-13(10)11/h3,5-7H,2,4,8H2,1H3,(H,17,18). The number of amides is 1. The van der Waals surface area contributed by atoms with Crippen LogP contribution in [-0.4, -0.2) is 12.5 Å². The zero-order chi connectivity index (χ0) is 14.1. The first kappa shape index (κ1) is 13.6. The van der Waals surface area contributed by atoms with Crippen LogP contribution >= 0.6 is 27.3 Å². The molecular formula is C15H14BrNO2S. The Morgan fingerprint density at radius 1 is 1.50 bits per heavy atom. The number of carbonyl (C=O) groups is 1. The second-order valence-electron chi connectivity index (χ2n) is 4.77. The predicted octanol–water partition coefficient (Wildman–Crippen LogP) is 3.68. The van der Waals surface area contributed by atoms with Gasteiger partial charge in [0, 0.05) is 23.0 Å². The molecule has 1 aliphatic rings.